The molecule has 0 aliphatic carbocycles. The van der Waals surface area contributed by atoms with E-state index in [4.69, 9.17) is 19.9 Å². The van der Waals surface area contributed by atoms with Crippen LogP contribution >= 0.6 is 0 Å². The topological polar surface area (TPSA) is 58.0 Å². The highest BCUT2D eigenvalue weighted by Crippen LogP contribution is 2.51. The van der Waals surface area contributed by atoms with Crippen molar-refractivity contribution in [1.82, 2.24) is 19.9 Å². The van der Waals surface area contributed by atoms with E-state index in [-0.39, 0.29) is 0 Å². The lowest BCUT2D eigenvalue weighted by Gasteiger charge is -2.37. The van der Waals surface area contributed by atoms with Gasteiger partial charge in [-0.25, -0.2) is 19.9 Å². The van der Waals surface area contributed by atoms with Gasteiger partial charge in [0, 0.05) is 11.4 Å². The number of nitrogens with zero attached hydrogens (tertiary/aromatic N) is 6. The van der Waals surface area contributed by atoms with E-state index in [2.05, 4.69) is 94.7 Å². The standard InChI is InChI=1S/C32H26N6/c1-19-20(2)34-30-29(33-19)37(27-15-13-23-9-5-7-11-25(23)17-27)31-32(36-22(4)21(3)35-31)38(30)28-16-14-24-10-6-8-12-26(24)18-28/h5-18H,1-4H3. The van der Waals surface area contributed by atoms with Gasteiger partial charge in [-0.3, -0.25) is 9.80 Å². The third-order valence-electron chi connectivity index (χ3n) is 7.37. The molecule has 0 radical (unpaired) electrons. The minimum Gasteiger partial charge on any atom is -0.273 e. The van der Waals surface area contributed by atoms with E-state index in [1.165, 1.54) is 10.8 Å². The minimum absolute atomic E-state index is 0.738. The lowest BCUT2D eigenvalue weighted by molar-refractivity contribution is 0.928. The van der Waals surface area contributed by atoms with Crippen LogP contribution in [0.3, 0.4) is 0 Å². The van der Waals surface area contributed by atoms with Crippen LogP contribution in [0.1, 0.15) is 22.8 Å². The van der Waals surface area contributed by atoms with Gasteiger partial charge >= 0.3 is 0 Å². The Hall–Kier alpha value is -4.84. The number of rotatable bonds is 2. The fraction of sp³-hybridized carbons (Fsp3) is 0.125. The molecular weight excluding hydrogens is 468 g/mol. The van der Waals surface area contributed by atoms with Crippen molar-refractivity contribution in [3.63, 3.8) is 0 Å². The first kappa shape index (κ1) is 22.4. The van der Waals surface area contributed by atoms with Gasteiger partial charge in [0.05, 0.1) is 22.8 Å². The fourth-order valence-corrected chi connectivity index (χ4v) is 5.08. The Morgan fingerprint density at radius 1 is 0.395 bits per heavy atom. The third-order valence-corrected chi connectivity index (χ3v) is 7.37. The summed E-state index contributed by atoms with van der Waals surface area (Å²) < 4.78 is 0. The van der Waals surface area contributed by atoms with Crippen LogP contribution < -0.4 is 9.80 Å². The van der Waals surface area contributed by atoms with Crippen molar-refractivity contribution in [2.75, 3.05) is 9.80 Å². The van der Waals surface area contributed by atoms with Crippen LogP contribution in [0.4, 0.5) is 34.6 Å². The normalized spacial score (nSPS) is 12.6. The molecule has 0 saturated carbocycles. The SMILES string of the molecule is Cc1nc2c(nc1C)N(c1ccc3ccccc3c1)c1nc(C)c(C)nc1N2c1ccc2ccccc2c1. The van der Waals surface area contributed by atoms with Gasteiger partial charge in [0.1, 0.15) is 0 Å². The Labute approximate surface area is 221 Å². The second-order valence-corrected chi connectivity index (χ2v) is 9.82. The molecule has 1 aliphatic rings. The van der Waals surface area contributed by atoms with Crippen LogP contribution in [0.25, 0.3) is 21.5 Å². The zero-order valence-corrected chi connectivity index (χ0v) is 21.8. The van der Waals surface area contributed by atoms with Crippen molar-refractivity contribution < 1.29 is 0 Å². The molecule has 0 amide bonds. The maximum absolute atomic E-state index is 5.09. The summed E-state index contributed by atoms with van der Waals surface area (Å²) in [7, 11) is 0. The molecule has 6 nitrogen and oxygen atoms in total. The lowest BCUT2D eigenvalue weighted by Crippen LogP contribution is -2.29. The third kappa shape index (κ3) is 3.41. The molecule has 2 aromatic heterocycles. The first-order chi connectivity index (χ1) is 18.5. The van der Waals surface area contributed by atoms with E-state index in [0.29, 0.717) is 0 Å². The molecule has 0 fully saturated rings. The molecule has 184 valence electrons. The number of anilines is 6. The molecule has 1 aliphatic heterocycles. The summed E-state index contributed by atoms with van der Waals surface area (Å²) >= 11 is 0. The molecule has 0 bridgehead atoms. The van der Waals surface area contributed by atoms with E-state index in [1.54, 1.807) is 0 Å². The van der Waals surface area contributed by atoms with Crippen LogP contribution in [0.2, 0.25) is 0 Å². The van der Waals surface area contributed by atoms with E-state index >= 15 is 0 Å². The molecule has 0 atom stereocenters. The van der Waals surface area contributed by atoms with Crippen LogP contribution in [-0.2, 0) is 0 Å². The summed E-state index contributed by atoms with van der Waals surface area (Å²) in [5.74, 6) is 2.95. The summed E-state index contributed by atoms with van der Waals surface area (Å²) in [6, 6.07) is 29.6. The second-order valence-electron chi connectivity index (χ2n) is 9.82. The number of benzene rings is 4. The summed E-state index contributed by atoms with van der Waals surface area (Å²) in [5, 5.41) is 4.67. The molecule has 38 heavy (non-hydrogen) atoms. The molecule has 6 heteroatoms. The highest BCUT2D eigenvalue weighted by atomic mass is 15.4. The Bertz CT molecular complexity index is 1700. The predicted octanol–water partition coefficient (Wildman–Crippen LogP) is 8.06. The van der Waals surface area contributed by atoms with Crippen molar-refractivity contribution in [3.8, 4) is 0 Å². The Kier molecular flexibility index (Phi) is 4.91. The largest absolute Gasteiger partial charge is 0.273 e. The first-order valence-electron chi connectivity index (χ1n) is 12.8. The van der Waals surface area contributed by atoms with Gasteiger partial charge in [0.25, 0.3) is 0 Å². The van der Waals surface area contributed by atoms with Crippen molar-refractivity contribution in [2.45, 2.75) is 27.7 Å². The van der Waals surface area contributed by atoms with Gasteiger partial charge in [-0.15, -0.1) is 0 Å². The highest BCUT2D eigenvalue weighted by molar-refractivity contribution is 5.99. The van der Waals surface area contributed by atoms with E-state index in [0.717, 1.165) is 68.2 Å². The van der Waals surface area contributed by atoms with Gasteiger partial charge in [-0.1, -0.05) is 60.7 Å². The molecule has 0 unspecified atom stereocenters. The second kappa shape index (κ2) is 8.35. The highest BCUT2D eigenvalue weighted by Gasteiger charge is 2.36. The van der Waals surface area contributed by atoms with Crippen molar-refractivity contribution in [2.24, 2.45) is 0 Å². The molecular formula is C32H26N6. The summed E-state index contributed by atoms with van der Waals surface area (Å²) in [6.45, 7) is 8.01. The zero-order chi connectivity index (χ0) is 26.0. The van der Waals surface area contributed by atoms with Gasteiger partial charge < -0.3 is 0 Å². The van der Waals surface area contributed by atoms with Gasteiger partial charge in [-0.05, 0) is 73.5 Å². The number of aryl methyl sites for hydroxylation is 4. The number of fused-ring (bicyclic) bond motifs is 4. The molecule has 6 aromatic rings. The minimum atomic E-state index is 0.738. The maximum Gasteiger partial charge on any atom is 0.183 e. The van der Waals surface area contributed by atoms with Crippen LogP contribution in [0, 0.1) is 27.7 Å². The summed E-state index contributed by atoms with van der Waals surface area (Å²) in [5.41, 5.74) is 5.47. The van der Waals surface area contributed by atoms with Gasteiger partial charge in [0.15, 0.2) is 23.3 Å². The average molecular weight is 495 g/mol. The molecule has 0 saturated heterocycles. The lowest BCUT2D eigenvalue weighted by atomic mass is 10.1. The fourth-order valence-electron chi connectivity index (χ4n) is 5.08. The van der Waals surface area contributed by atoms with Crippen LogP contribution in [0.5, 0.6) is 0 Å². The van der Waals surface area contributed by atoms with Crippen LogP contribution in [0.15, 0.2) is 84.9 Å². The van der Waals surface area contributed by atoms with Crippen LogP contribution in [-0.4, -0.2) is 19.9 Å². The van der Waals surface area contributed by atoms with E-state index < -0.39 is 0 Å². The number of aromatic nitrogens is 4. The summed E-state index contributed by atoms with van der Waals surface area (Å²) in [4.78, 5) is 24.6. The predicted molar refractivity (Wildman–Crippen MR) is 155 cm³/mol. The van der Waals surface area contributed by atoms with Crippen molar-refractivity contribution in [1.29, 1.82) is 0 Å². The molecule has 4 aromatic carbocycles. The Morgan fingerprint density at radius 2 is 0.711 bits per heavy atom. The number of hydrogen-bond donors (Lipinski definition) is 0. The summed E-state index contributed by atoms with van der Waals surface area (Å²) in [6.07, 6.45) is 0. The molecule has 3 heterocycles. The van der Waals surface area contributed by atoms with Crippen molar-refractivity contribution in [3.05, 3.63) is 108 Å². The molecule has 0 N–H and O–H groups in total. The van der Waals surface area contributed by atoms with Gasteiger partial charge in [-0.2, -0.15) is 0 Å². The number of hydrogen-bond acceptors (Lipinski definition) is 6. The Morgan fingerprint density at radius 3 is 1.05 bits per heavy atom. The van der Waals surface area contributed by atoms with Gasteiger partial charge in [0.2, 0.25) is 0 Å². The monoisotopic (exact) mass is 494 g/mol. The smallest absolute Gasteiger partial charge is 0.183 e. The maximum atomic E-state index is 5.09. The average Bonchev–Trinajstić information content (AvgIpc) is 2.93. The van der Waals surface area contributed by atoms with E-state index in [1.807, 2.05) is 27.7 Å². The molecule has 0 spiro atoms. The zero-order valence-electron chi connectivity index (χ0n) is 21.8. The van der Waals surface area contributed by atoms with E-state index in [9.17, 15) is 0 Å². The quantitative estimate of drug-likeness (QED) is 0.242. The first-order valence-corrected chi connectivity index (χ1v) is 12.8. The Balaban J connectivity index is 1.54. The van der Waals surface area contributed by atoms with Crippen molar-refractivity contribution >= 4 is 56.2 Å². The molecule has 7 rings (SSSR count).